The average molecular weight is 366 g/mol. The van der Waals surface area contributed by atoms with Gasteiger partial charge in [-0.15, -0.1) is 5.10 Å². The Kier molecular flexibility index (Phi) is 4.55. The van der Waals surface area contributed by atoms with Crippen LogP contribution in [0.1, 0.15) is 30.4 Å². The molecule has 0 unspecified atom stereocenters. The number of benzene rings is 1. The van der Waals surface area contributed by atoms with Crippen LogP contribution in [0, 0.1) is 0 Å². The number of carbonyl (C=O) groups excluding carboxylic acids is 1. The molecule has 124 valence electrons. The zero-order valence-electron chi connectivity index (χ0n) is 12.8. The molecular weight excluding hydrogens is 353 g/mol. The second kappa shape index (κ2) is 6.62. The van der Waals surface area contributed by atoms with E-state index in [2.05, 4.69) is 20.6 Å². The Morgan fingerprint density at radius 2 is 2.04 bits per heavy atom. The van der Waals surface area contributed by atoms with Crippen LogP contribution in [0.3, 0.4) is 0 Å². The molecule has 0 saturated carbocycles. The standard InChI is InChI=1S/C15H13Cl2N5O2/c1-8(2)22-6-5-12(21-22)13(23)18-15-20-19-14(24-15)10-7-9(16)3-4-11(10)17/h3-8H,1-2H3,(H,18,20,23). The van der Waals surface area contributed by atoms with Crippen molar-refractivity contribution >= 4 is 35.1 Å². The van der Waals surface area contributed by atoms with Gasteiger partial charge in [0.2, 0.25) is 0 Å². The van der Waals surface area contributed by atoms with Crippen molar-refractivity contribution in [1.29, 1.82) is 0 Å². The number of nitrogens with zero attached hydrogens (tertiary/aromatic N) is 4. The summed E-state index contributed by atoms with van der Waals surface area (Å²) in [6, 6.07) is 6.60. The predicted octanol–water partition coefficient (Wildman–Crippen LogP) is 4.07. The lowest BCUT2D eigenvalue weighted by Gasteiger charge is -2.03. The number of nitrogens with one attached hydrogen (secondary N) is 1. The summed E-state index contributed by atoms with van der Waals surface area (Å²) in [5.41, 5.74) is 0.741. The van der Waals surface area contributed by atoms with E-state index >= 15 is 0 Å². The monoisotopic (exact) mass is 365 g/mol. The van der Waals surface area contributed by atoms with Crippen LogP contribution < -0.4 is 5.32 Å². The maximum absolute atomic E-state index is 12.2. The minimum atomic E-state index is -0.443. The molecular formula is C15H13Cl2N5O2. The molecule has 0 bridgehead atoms. The molecule has 3 aromatic rings. The Hall–Kier alpha value is -2.38. The van der Waals surface area contributed by atoms with Gasteiger partial charge in [0, 0.05) is 17.3 Å². The number of hydrogen-bond donors (Lipinski definition) is 1. The number of anilines is 1. The third-order valence-corrected chi connectivity index (χ3v) is 3.74. The van der Waals surface area contributed by atoms with Crippen molar-refractivity contribution in [1.82, 2.24) is 20.0 Å². The molecule has 0 saturated heterocycles. The second-order valence-corrected chi connectivity index (χ2v) is 6.11. The van der Waals surface area contributed by atoms with Gasteiger partial charge in [-0.1, -0.05) is 28.3 Å². The zero-order valence-corrected chi connectivity index (χ0v) is 14.3. The molecule has 2 aromatic heterocycles. The van der Waals surface area contributed by atoms with E-state index in [0.717, 1.165) is 0 Å². The average Bonchev–Trinajstić information content (AvgIpc) is 3.19. The maximum atomic E-state index is 12.2. The third-order valence-electron chi connectivity index (χ3n) is 3.17. The minimum absolute atomic E-state index is 0.0508. The van der Waals surface area contributed by atoms with Gasteiger partial charge in [0.25, 0.3) is 11.8 Å². The molecule has 0 radical (unpaired) electrons. The molecule has 1 N–H and O–H groups in total. The quantitative estimate of drug-likeness (QED) is 0.752. The first-order chi connectivity index (χ1) is 11.4. The summed E-state index contributed by atoms with van der Waals surface area (Å²) >= 11 is 12.0. The fourth-order valence-electron chi connectivity index (χ4n) is 1.95. The molecule has 9 heteroatoms. The Morgan fingerprint density at radius 1 is 1.25 bits per heavy atom. The Bertz CT molecular complexity index is 888. The Balaban J connectivity index is 1.78. The molecule has 0 fully saturated rings. The van der Waals surface area contributed by atoms with E-state index in [0.29, 0.717) is 15.6 Å². The highest BCUT2D eigenvalue weighted by molar-refractivity contribution is 6.35. The number of hydrogen-bond acceptors (Lipinski definition) is 5. The van der Waals surface area contributed by atoms with E-state index in [4.69, 9.17) is 27.6 Å². The van der Waals surface area contributed by atoms with Gasteiger partial charge in [-0.05, 0) is 38.1 Å². The molecule has 0 spiro atoms. The van der Waals surface area contributed by atoms with Crippen molar-refractivity contribution in [3.05, 3.63) is 46.2 Å². The first-order valence-electron chi connectivity index (χ1n) is 7.09. The van der Waals surface area contributed by atoms with Crippen LogP contribution in [0.15, 0.2) is 34.9 Å². The molecule has 0 aliphatic rings. The summed E-state index contributed by atoms with van der Waals surface area (Å²) in [7, 11) is 0. The van der Waals surface area contributed by atoms with E-state index < -0.39 is 5.91 Å². The lowest BCUT2D eigenvalue weighted by atomic mass is 10.2. The second-order valence-electron chi connectivity index (χ2n) is 5.27. The van der Waals surface area contributed by atoms with Crippen LogP contribution in [0.4, 0.5) is 6.01 Å². The maximum Gasteiger partial charge on any atom is 0.322 e. The van der Waals surface area contributed by atoms with Gasteiger partial charge in [-0.3, -0.25) is 14.8 Å². The predicted molar refractivity (Wildman–Crippen MR) is 90.3 cm³/mol. The van der Waals surface area contributed by atoms with Crippen molar-refractivity contribution < 1.29 is 9.21 Å². The fraction of sp³-hybridized carbons (Fsp3) is 0.200. The highest BCUT2D eigenvalue weighted by Crippen LogP contribution is 2.30. The van der Waals surface area contributed by atoms with Gasteiger partial charge in [-0.2, -0.15) is 5.10 Å². The number of carbonyl (C=O) groups is 1. The molecule has 24 heavy (non-hydrogen) atoms. The smallest absolute Gasteiger partial charge is 0.322 e. The number of halogens is 2. The van der Waals surface area contributed by atoms with Crippen LogP contribution in [0.2, 0.25) is 10.0 Å². The number of rotatable bonds is 4. The van der Waals surface area contributed by atoms with Gasteiger partial charge >= 0.3 is 6.01 Å². The van der Waals surface area contributed by atoms with Gasteiger partial charge in [-0.25, -0.2) is 0 Å². The number of aromatic nitrogens is 4. The first kappa shape index (κ1) is 16.5. The topological polar surface area (TPSA) is 85.8 Å². The summed E-state index contributed by atoms with van der Waals surface area (Å²) in [6.07, 6.45) is 1.73. The van der Waals surface area contributed by atoms with Crippen LogP contribution in [-0.2, 0) is 0 Å². The lowest BCUT2D eigenvalue weighted by molar-refractivity contribution is 0.101. The van der Waals surface area contributed by atoms with Gasteiger partial charge in [0.05, 0.1) is 10.6 Å². The summed E-state index contributed by atoms with van der Waals surface area (Å²) in [4.78, 5) is 12.2. The van der Waals surface area contributed by atoms with Crippen LogP contribution in [0.5, 0.6) is 0 Å². The SMILES string of the molecule is CC(C)n1ccc(C(=O)Nc2nnc(-c3cc(Cl)ccc3Cl)o2)n1. The van der Waals surface area contributed by atoms with Crippen LogP contribution in [-0.4, -0.2) is 25.9 Å². The summed E-state index contributed by atoms with van der Waals surface area (Å²) in [6.45, 7) is 3.93. The third kappa shape index (κ3) is 3.42. The van der Waals surface area contributed by atoms with Crippen molar-refractivity contribution in [3.63, 3.8) is 0 Å². The molecule has 2 heterocycles. The van der Waals surface area contributed by atoms with E-state index in [9.17, 15) is 4.79 Å². The summed E-state index contributed by atoms with van der Waals surface area (Å²) in [5.74, 6) is -0.285. The molecule has 1 amide bonds. The highest BCUT2D eigenvalue weighted by Gasteiger charge is 2.17. The van der Waals surface area contributed by atoms with E-state index in [1.165, 1.54) is 0 Å². The van der Waals surface area contributed by atoms with E-state index in [1.54, 1.807) is 35.1 Å². The molecule has 0 aliphatic heterocycles. The Morgan fingerprint density at radius 3 is 2.75 bits per heavy atom. The van der Waals surface area contributed by atoms with Crippen molar-refractivity contribution in [2.24, 2.45) is 0 Å². The molecule has 0 atom stereocenters. The van der Waals surface area contributed by atoms with Crippen molar-refractivity contribution in [3.8, 4) is 11.5 Å². The molecule has 0 aliphatic carbocycles. The zero-order chi connectivity index (χ0) is 17.3. The number of amides is 1. The molecule has 7 nitrogen and oxygen atoms in total. The van der Waals surface area contributed by atoms with Crippen LogP contribution in [0.25, 0.3) is 11.5 Å². The van der Waals surface area contributed by atoms with E-state index in [-0.39, 0.29) is 23.6 Å². The summed E-state index contributed by atoms with van der Waals surface area (Å²) in [5, 5.41) is 15.2. The molecule has 3 rings (SSSR count). The van der Waals surface area contributed by atoms with E-state index in [1.807, 2.05) is 13.8 Å². The summed E-state index contributed by atoms with van der Waals surface area (Å²) < 4.78 is 7.10. The minimum Gasteiger partial charge on any atom is -0.403 e. The largest absolute Gasteiger partial charge is 0.403 e. The fourth-order valence-corrected chi connectivity index (χ4v) is 2.32. The Labute approximate surface area is 147 Å². The first-order valence-corrected chi connectivity index (χ1v) is 7.85. The van der Waals surface area contributed by atoms with Crippen LogP contribution >= 0.6 is 23.2 Å². The highest BCUT2D eigenvalue weighted by atomic mass is 35.5. The van der Waals surface area contributed by atoms with Gasteiger partial charge in [0.15, 0.2) is 5.69 Å². The van der Waals surface area contributed by atoms with Crippen molar-refractivity contribution in [2.45, 2.75) is 19.9 Å². The van der Waals surface area contributed by atoms with Gasteiger partial charge < -0.3 is 4.42 Å². The lowest BCUT2D eigenvalue weighted by Crippen LogP contribution is -2.14. The molecule has 1 aromatic carbocycles. The normalized spacial score (nSPS) is 11.0. The van der Waals surface area contributed by atoms with Crippen molar-refractivity contribution in [2.75, 3.05) is 5.32 Å². The van der Waals surface area contributed by atoms with Gasteiger partial charge in [0.1, 0.15) is 0 Å².